The van der Waals surface area contributed by atoms with Crippen LogP contribution in [-0.2, 0) is 16.0 Å². The molecule has 0 aliphatic rings. The van der Waals surface area contributed by atoms with Crippen molar-refractivity contribution in [2.24, 2.45) is 0 Å². The molecule has 0 spiro atoms. The van der Waals surface area contributed by atoms with E-state index < -0.39 is 12.0 Å². The van der Waals surface area contributed by atoms with Crippen LogP contribution in [0.3, 0.4) is 0 Å². The van der Waals surface area contributed by atoms with E-state index in [1.54, 1.807) is 24.3 Å². The first-order valence-corrected chi connectivity index (χ1v) is 6.41. The summed E-state index contributed by atoms with van der Waals surface area (Å²) in [5, 5.41) is 11.4. The lowest BCUT2D eigenvalue weighted by Gasteiger charge is -2.12. The summed E-state index contributed by atoms with van der Waals surface area (Å²) in [4.78, 5) is 22.7. The topological polar surface area (TPSA) is 75.6 Å². The maximum atomic E-state index is 11.8. The van der Waals surface area contributed by atoms with E-state index in [-0.39, 0.29) is 18.7 Å². The minimum absolute atomic E-state index is 0.132. The molecule has 1 atom stereocenters. The van der Waals surface area contributed by atoms with Crippen LogP contribution in [0.4, 0.5) is 0 Å². The smallest absolute Gasteiger partial charge is 0.326 e. The van der Waals surface area contributed by atoms with E-state index in [0.717, 1.165) is 11.3 Å². The number of hydrogen-bond acceptors (Lipinski definition) is 3. The fourth-order valence-corrected chi connectivity index (χ4v) is 1.69. The molecule has 0 heterocycles. The lowest BCUT2D eigenvalue weighted by Crippen LogP contribution is -2.41. The Morgan fingerprint density at radius 3 is 2.55 bits per heavy atom. The van der Waals surface area contributed by atoms with Crippen LogP contribution < -0.4 is 10.1 Å². The second kappa shape index (κ2) is 7.99. The Bertz CT molecular complexity index is 467. The second-order valence-electron chi connectivity index (χ2n) is 4.24. The number of rotatable bonds is 8. The molecule has 1 aromatic rings. The monoisotopic (exact) mass is 277 g/mol. The molecule has 0 aliphatic heterocycles. The first-order chi connectivity index (χ1) is 9.56. The summed E-state index contributed by atoms with van der Waals surface area (Å²) < 4.78 is 5.30. The number of carbonyl (C=O) groups is 2. The van der Waals surface area contributed by atoms with Gasteiger partial charge in [0.15, 0.2) is 0 Å². The van der Waals surface area contributed by atoms with Gasteiger partial charge in [-0.1, -0.05) is 18.2 Å². The Morgan fingerprint density at radius 1 is 1.40 bits per heavy atom. The highest BCUT2D eigenvalue weighted by Gasteiger charge is 2.18. The van der Waals surface area contributed by atoms with E-state index in [1.165, 1.54) is 6.08 Å². The van der Waals surface area contributed by atoms with E-state index in [0.29, 0.717) is 6.61 Å². The summed E-state index contributed by atoms with van der Waals surface area (Å²) in [6.45, 7) is 5.95. The number of hydrogen-bond donors (Lipinski definition) is 2. The SMILES string of the molecule is C=CCC(NC(=O)Cc1ccc(OCC)cc1)C(=O)O. The Labute approximate surface area is 118 Å². The molecule has 0 aromatic heterocycles. The highest BCUT2D eigenvalue weighted by atomic mass is 16.5. The molecular weight excluding hydrogens is 258 g/mol. The molecule has 0 fully saturated rings. The molecule has 0 bridgehead atoms. The predicted molar refractivity (Wildman–Crippen MR) is 75.7 cm³/mol. The van der Waals surface area contributed by atoms with Gasteiger partial charge in [-0.3, -0.25) is 4.79 Å². The summed E-state index contributed by atoms with van der Waals surface area (Å²) >= 11 is 0. The Balaban J connectivity index is 2.56. The van der Waals surface area contributed by atoms with Crippen molar-refractivity contribution < 1.29 is 19.4 Å². The van der Waals surface area contributed by atoms with Crippen LogP contribution in [0.2, 0.25) is 0 Å². The van der Waals surface area contributed by atoms with Crippen LogP contribution >= 0.6 is 0 Å². The lowest BCUT2D eigenvalue weighted by atomic mass is 10.1. The van der Waals surface area contributed by atoms with Crippen LogP contribution in [0.1, 0.15) is 18.9 Å². The van der Waals surface area contributed by atoms with Gasteiger partial charge in [-0.05, 0) is 31.0 Å². The molecule has 1 aromatic carbocycles. The maximum absolute atomic E-state index is 11.8. The zero-order valence-electron chi connectivity index (χ0n) is 11.5. The summed E-state index contributed by atoms with van der Waals surface area (Å²) in [5.74, 6) is -0.653. The molecule has 20 heavy (non-hydrogen) atoms. The van der Waals surface area contributed by atoms with Crippen molar-refractivity contribution >= 4 is 11.9 Å². The van der Waals surface area contributed by atoms with Crippen molar-refractivity contribution in [3.05, 3.63) is 42.5 Å². The first-order valence-electron chi connectivity index (χ1n) is 6.41. The minimum atomic E-state index is -1.06. The molecule has 0 saturated heterocycles. The number of carbonyl (C=O) groups excluding carboxylic acids is 1. The Kier molecular flexibility index (Phi) is 6.29. The van der Waals surface area contributed by atoms with E-state index in [1.807, 2.05) is 6.92 Å². The van der Waals surface area contributed by atoms with E-state index >= 15 is 0 Å². The zero-order chi connectivity index (χ0) is 15.0. The van der Waals surface area contributed by atoms with Gasteiger partial charge in [-0.2, -0.15) is 0 Å². The molecular formula is C15H19NO4. The van der Waals surface area contributed by atoms with Gasteiger partial charge in [0.25, 0.3) is 0 Å². The average Bonchev–Trinajstić information content (AvgIpc) is 2.40. The van der Waals surface area contributed by atoms with Crippen LogP contribution in [-0.4, -0.2) is 29.6 Å². The van der Waals surface area contributed by atoms with Crippen LogP contribution in [0.5, 0.6) is 5.75 Å². The highest BCUT2D eigenvalue weighted by Crippen LogP contribution is 2.12. The van der Waals surface area contributed by atoms with Gasteiger partial charge < -0.3 is 15.2 Å². The number of carboxylic acids is 1. The molecule has 0 aliphatic carbocycles. The summed E-state index contributed by atoms with van der Waals surface area (Å²) in [6.07, 6.45) is 1.80. The molecule has 108 valence electrons. The summed E-state index contributed by atoms with van der Waals surface area (Å²) in [7, 11) is 0. The van der Waals surface area contributed by atoms with Gasteiger partial charge in [0.2, 0.25) is 5.91 Å². The van der Waals surface area contributed by atoms with Crippen molar-refractivity contribution in [2.75, 3.05) is 6.61 Å². The lowest BCUT2D eigenvalue weighted by molar-refractivity contribution is -0.141. The molecule has 5 nitrogen and oxygen atoms in total. The Hall–Kier alpha value is -2.30. The third kappa shape index (κ3) is 5.14. The molecule has 5 heteroatoms. The number of ether oxygens (including phenoxy) is 1. The third-order valence-corrected chi connectivity index (χ3v) is 2.63. The van der Waals surface area contributed by atoms with Gasteiger partial charge in [0.1, 0.15) is 11.8 Å². The van der Waals surface area contributed by atoms with Crippen molar-refractivity contribution in [1.82, 2.24) is 5.32 Å². The third-order valence-electron chi connectivity index (χ3n) is 2.63. The number of benzene rings is 1. The fourth-order valence-electron chi connectivity index (χ4n) is 1.69. The van der Waals surface area contributed by atoms with Crippen molar-refractivity contribution in [2.45, 2.75) is 25.8 Å². The normalized spacial score (nSPS) is 11.4. The number of nitrogens with one attached hydrogen (secondary N) is 1. The molecule has 0 saturated carbocycles. The second-order valence-corrected chi connectivity index (χ2v) is 4.24. The van der Waals surface area contributed by atoms with Crippen LogP contribution in [0.25, 0.3) is 0 Å². The molecule has 1 amide bonds. The highest BCUT2D eigenvalue weighted by molar-refractivity contribution is 5.84. The maximum Gasteiger partial charge on any atom is 0.326 e. The van der Waals surface area contributed by atoms with Gasteiger partial charge in [0.05, 0.1) is 13.0 Å². The van der Waals surface area contributed by atoms with Gasteiger partial charge in [0, 0.05) is 0 Å². The molecule has 1 unspecified atom stereocenters. The van der Waals surface area contributed by atoms with E-state index in [2.05, 4.69) is 11.9 Å². The summed E-state index contributed by atoms with van der Waals surface area (Å²) in [6, 6.07) is 6.21. The quantitative estimate of drug-likeness (QED) is 0.710. The van der Waals surface area contributed by atoms with Crippen molar-refractivity contribution in [3.63, 3.8) is 0 Å². The average molecular weight is 277 g/mol. The largest absolute Gasteiger partial charge is 0.494 e. The molecule has 1 rings (SSSR count). The van der Waals surface area contributed by atoms with Gasteiger partial charge >= 0.3 is 5.97 Å². The Morgan fingerprint density at radius 2 is 2.05 bits per heavy atom. The van der Waals surface area contributed by atoms with E-state index in [9.17, 15) is 9.59 Å². The standard InChI is InChI=1S/C15H19NO4/c1-3-5-13(15(18)19)16-14(17)10-11-6-8-12(9-7-11)20-4-2/h3,6-9,13H,1,4-5,10H2,2H3,(H,16,17)(H,18,19). The number of amides is 1. The zero-order valence-corrected chi connectivity index (χ0v) is 11.5. The summed E-state index contributed by atoms with van der Waals surface area (Å²) in [5.41, 5.74) is 0.800. The predicted octanol–water partition coefficient (Wildman–Crippen LogP) is 1.77. The van der Waals surface area contributed by atoms with Gasteiger partial charge in [-0.25, -0.2) is 4.79 Å². The van der Waals surface area contributed by atoms with Crippen molar-refractivity contribution in [1.29, 1.82) is 0 Å². The molecule has 2 N–H and O–H groups in total. The van der Waals surface area contributed by atoms with Gasteiger partial charge in [-0.15, -0.1) is 6.58 Å². The van der Waals surface area contributed by atoms with Crippen LogP contribution in [0.15, 0.2) is 36.9 Å². The minimum Gasteiger partial charge on any atom is -0.494 e. The first kappa shape index (κ1) is 15.8. The van der Waals surface area contributed by atoms with Crippen LogP contribution in [0, 0.1) is 0 Å². The van der Waals surface area contributed by atoms with E-state index in [4.69, 9.17) is 9.84 Å². The number of carboxylic acid groups (broad SMARTS) is 1. The fraction of sp³-hybridized carbons (Fsp3) is 0.333. The number of aliphatic carboxylic acids is 1. The van der Waals surface area contributed by atoms with Crippen molar-refractivity contribution in [3.8, 4) is 5.75 Å². The molecule has 0 radical (unpaired) electrons.